The molecule has 3 fully saturated rings. The number of hydrogen-bond acceptors (Lipinski definition) is 4. The van der Waals surface area contributed by atoms with Crippen molar-refractivity contribution in [3.63, 3.8) is 0 Å². The van der Waals surface area contributed by atoms with Crippen molar-refractivity contribution in [2.45, 2.75) is 31.7 Å². The molecule has 2 saturated heterocycles. The van der Waals surface area contributed by atoms with Crippen molar-refractivity contribution >= 4 is 23.8 Å². The maximum absolute atomic E-state index is 12.9. The molecule has 0 bridgehead atoms. The molecule has 0 radical (unpaired) electrons. The van der Waals surface area contributed by atoms with E-state index >= 15 is 0 Å². The van der Waals surface area contributed by atoms with E-state index in [9.17, 15) is 24.3 Å². The highest BCUT2D eigenvalue weighted by Gasteiger charge is 2.59. The molecule has 1 aromatic rings. The van der Waals surface area contributed by atoms with E-state index in [1.54, 1.807) is 36.1 Å². The van der Waals surface area contributed by atoms with Gasteiger partial charge in [-0.3, -0.25) is 19.7 Å². The van der Waals surface area contributed by atoms with E-state index in [1.807, 2.05) is 0 Å². The van der Waals surface area contributed by atoms with Crippen molar-refractivity contribution in [2.24, 2.45) is 11.3 Å². The minimum absolute atomic E-state index is 0.135. The van der Waals surface area contributed by atoms with Gasteiger partial charge in [-0.2, -0.15) is 0 Å². The summed E-state index contributed by atoms with van der Waals surface area (Å²) in [5.41, 5.74) is -0.353. The predicted octanol–water partition coefficient (Wildman–Crippen LogP) is 1.07. The number of benzene rings is 1. The second-order valence-corrected chi connectivity index (χ2v) is 7.86. The molecule has 2 aliphatic heterocycles. The van der Waals surface area contributed by atoms with Crippen molar-refractivity contribution in [1.82, 2.24) is 15.5 Å². The molecule has 27 heavy (non-hydrogen) atoms. The number of nitrogens with one attached hydrogen (secondary N) is 2. The van der Waals surface area contributed by atoms with Gasteiger partial charge in [-0.05, 0) is 49.3 Å². The van der Waals surface area contributed by atoms with Gasteiger partial charge >= 0.3 is 12.0 Å². The molecule has 1 spiro atoms. The molecule has 8 nitrogen and oxygen atoms in total. The summed E-state index contributed by atoms with van der Waals surface area (Å²) in [5.74, 6) is -1.62. The van der Waals surface area contributed by atoms with Crippen LogP contribution < -0.4 is 10.6 Å². The Morgan fingerprint density at radius 3 is 2.48 bits per heavy atom. The fourth-order valence-electron chi connectivity index (χ4n) is 4.30. The van der Waals surface area contributed by atoms with Gasteiger partial charge in [-0.25, -0.2) is 4.79 Å². The van der Waals surface area contributed by atoms with Crippen LogP contribution in [0.3, 0.4) is 0 Å². The SMILES string of the molecule is CC1(c2cccc(C(=O)N3CCC4(CC3)CC4C(=O)O)c2)NC(=O)NC1=O. The summed E-state index contributed by atoms with van der Waals surface area (Å²) in [5, 5.41) is 14.0. The van der Waals surface area contributed by atoms with E-state index in [0.717, 1.165) is 0 Å². The number of aliphatic carboxylic acids is 1. The number of carboxylic acids is 1. The quantitative estimate of drug-likeness (QED) is 0.688. The summed E-state index contributed by atoms with van der Waals surface area (Å²) >= 11 is 0. The number of amides is 4. The second-order valence-electron chi connectivity index (χ2n) is 7.86. The van der Waals surface area contributed by atoms with Gasteiger partial charge in [0.15, 0.2) is 0 Å². The maximum atomic E-state index is 12.9. The molecule has 1 aliphatic carbocycles. The van der Waals surface area contributed by atoms with Gasteiger partial charge in [0.2, 0.25) is 0 Å². The summed E-state index contributed by atoms with van der Waals surface area (Å²) < 4.78 is 0. The van der Waals surface area contributed by atoms with Crippen LogP contribution in [-0.4, -0.2) is 46.9 Å². The first-order valence-corrected chi connectivity index (χ1v) is 9.01. The summed E-state index contributed by atoms with van der Waals surface area (Å²) in [4.78, 5) is 49.4. The molecule has 142 valence electrons. The third-order valence-electron chi connectivity index (χ3n) is 6.27. The summed E-state index contributed by atoms with van der Waals surface area (Å²) in [7, 11) is 0. The Balaban J connectivity index is 1.49. The average Bonchev–Trinajstić information content (AvgIpc) is 3.27. The molecule has 2 unspecified atom stereocenters. The molecular weight excluding hydrogens is 350 g/mol. The lowest BCUT2D eigenvalue weighted by Crippen LogP contribution is -2.42. The lowest BCUT2D eigenvalue weighted by molar-refractivity contribution is -0.139. The Hall–Kier alpha value is -2.90. The van der Waals surface area contributed by atoms with Gasteiger partial charge < -0.3 is 15.3 Å². The average molecular weight is 371 g/mol. The molecule has 1 saturated carbocycles. The number of urea groups is 1. The largest absolute Gasteiger partial charge is 0.481 e. The molecule has 3 N–H and O–H groups in total. The van der Waals surface area contributed by atoms with Crippen LogP contribution in [0.5, 0.6) is 0 Å². The Labute approximate surface area is 155 Å². The molecule has 3 aliphatic rings. The number of likely N-dealkylation sites (tertiary alicyclic amines) is 1. The monoisotopic (exact) mass is 371 g/mol. The van der Waals surface area contributed by atoms with Crippen LogP contribution in [0.25, 0.3) is 0 Å². The van der Waals surface area contributed by atoms with E-state index in [1.165, 1.54) is 0 Å². The van der Waals surface area contributed by atoms with Crippen LogP contribution in [-0.2, 0) is 15.1 Å². The minimum Gasteiger partial charge on any atom is -0.481 e. The fourth-order valence-corrected chi connectivity index (χ4v) is 4.30. The Morgan fingerprint density at radius 1 is 1.22 bits per heavy atom. The molecule has 4 amide bonds. The van der Waals surface area contributed by atoms with E-state index in [-0.39, 0.29) is 17.2 Å². The van der Waals surface area contributed by atoms with Crippen LogP contribution in [0.1, 0.15) is 42.1 Å². The number of nitrogens with zero attached hydrogens (tertiary/aromatic N) is 1. The molecule has 4 rings (SSSR count). The Bertz CT molecular complexity index is 859. The standard InChI is InChI=1S/C19H21N3O5/c1-18(16(26)20-17(27)21-18)12-4-2-3-11(9-12)14(23)22-7-5-19(6-8-22)10-13(19)15(24)25/h2-4,9,13H,5-8,10H2,1H3,(H,24,25)(H2,20,21,26,27). The van der Waals surface area contributed by atoms with Gasteiger partial charge in [0.05, 0.1) is 5.92 Å². The number of imide groups is 1. The third kappa shape index (κ3) is 2.75. The van der Waals surface area contributed by atoms with Crippen molar-refractivity contribution < 1.29 is 24.3 Å². The number of carbonyl (C=O) groups excluding carboxylic acids is 3. The number of piperidine rings is 1. The van der Waals surface area contributed by atoms with Crippen molar-refractivity contribution in [3.05, 3.63) is 35.4 Å². The van der Waals surface area contributed by atoms with Gasteiger partial charge in [0, 0.05) is 18.7 Å². The van der Waals surface area contributed by atoms with Gasteiger partial charge in [-0.1, -0.05) is 12.1 Å². The van der Waals surface area contributed by atoms with Gasteiger partial charge in [0.25, 0.3) is 11.8 Å². The second kappa shape index (κ2) is 5.80. The smallest absolute Gasteiger partial charge is 0.322 e. The highest BCUT2D eigenvalue weighted by molar-refractivity contribution is 6.07. The lowest BCUT2D eigenvalue weighted by atomic mass is 9.89. The lowest BCUT2D eigenvalue weighted by Gasteiger charge is -2.33. The zero-order chi connectivity index (χ0) is 19.4. The molecule has 0 aromatic heterocycles. The Kier molecular flexibility index (Phi) is 3.76. The third-order valence-corrected chi connectivity index (χ3v) is 6.27. The number of hydrogen-bond donors (Lipinski definition) is 3. The Morgan fingerprint density at radius 2 is 1.93 bits per heavy atom. The molecule has 2 atom stereocenters. The maximum Gasteiger partial charge on any atom is 0.322 e. The molecular formula is C19H21N3O5. The first kappa shape index (κ1) is 17.5. The van der Waals surface area contributed by atoms with Crippen molar-refractivity contribution in [3.8, 4) is 0 Å². The molecule has 1 aromatic carbocycles. The molecule has 2 heterocycles. The summed E-state index contributed by atoms with van der Waals surface area (Å²) in [6.07, 6.45) is 2.10. The number of carboxylic acid groups (broad SMARTS) is 1. The van der Waals surface area contributed by atoms with E-state index < -0.39 is 23.4 Å². The predicted molar refractivity (Wildman–Crippen MR) is 93.8 cm³/mol. The van der Waals surface area contributed by atoms with E-state index in [4.69, 9.17) is 0 Å². The highest BCUT2D eigenvalue weighted by atomic mass is 16.4. The zero-order valence-electron chi connectivity index (χ0n) is 14.9. The van der Waals surface area contributed by atoms with Gasteiger partial charge in [0.1, 0.15) is 5.54 Å². The first-order valence-electron chi connectivity index (χ1n) is 9.01. The van der Waals surface area contributed by atoms with Crippen molar-refractivity contribution in [1.29, 1.82) is 0 Å². The van der Waals surface area contributed by atoms with E-state index in [2.05, 4.69) is 10.6 Å². The summed E-state index contributed by atoms with van der Waals surface area (Å²) in [6, 6.07) is 6.16. The number of rotatable bonds is 3. The topological polar surface area (TPSA) is 116 Å². The number of carbonyl (C=O) groups is 4. The summed E-state index contributed by atoms with van der Waals surface area (Å²) in [6.45, 7) is 2.66. The van der Waals surface area contributed by atoms with Crippen LogP contribution in [0.2, 0.25) is 0 Å². The molecule has 8 heteroatoms. The highest BCUT2D eigenvalue weighted by Crippen LogP contribution is 2.59. The minimum atomic E-state index is -1.21. The van der Waals surface area contributed by atoms with E-state index in [0.29, 0.717) is 43.5 Å². The fraction of sp³-hybridized carbons (Fsp3) is 0.474. The normalized spacial score (nSPS) is 28.6. The first-order chi connectivity index (χ1) is 12.7. The van der Waals surface area contributed by atoms with Gasteiger partial charge in [-0.15, -0.1) is 0 Å². The van der Waals surface area contributed by atoms with Crippen LogP contribution in [0.15, 0.2) is 24.3 Å². The van der Waals surface area contributed by atoms with Crippen LogP contribution >= 0.6 is 0 Å². The van der Waals surface area contributed by atoms with Crippen LogP contribution in [0.4, 0.5) is 4.79 Å². The van der Waals surface area contributed by atoms with Crippen LogP contribution in [0, 0.1) is 11.3 Å². The van der Waals surface area contributed by atoms with Crippen molar-refractivity contribution in [2.75, 3.05) is 13.1 Å². The zero-order valence-corrected chi connectivity index (χ0v) is 14.9.